The summed E-state index contributed by atoms with van der Waals surface area (Å²) in [7, 11) is 0. The van der Waals surface area contributed by atoms with Gasteiger partial charge in [0.1, 0.15) is 0 Å². The number of aliphatic imine (C=N–C) groups is 1. The molecular formula is C22H30N4O. The Kier molecular flexibility index (Phi) is 8.36. The second-order valence-corrected chi connectivity index (χ2v) is 6.49. The van der Waals surface area contributed by atoms with Gasteiger partial charge in [0.15, 0.2) is 5.96 Å². The van der Waals surface area contributed by atoms with Crippen LogP contribution in [0.25, 0.3) is 0 Å². The van der Waals surface area contributed by atoms with Crippen LogP contribution < -0.4 is 16.0 Å². The van der Waals surface area contributed by atoms with Crippen molar-refractivity contribution in [1.29, 1.82) is 0 Å². The lowest BCUT2D eigenvalue weighted by Crippen LogP contribution is -2.36. The van der Waals surface area contributed by atoms with Gasteiger partial charge in [0.2, 0.25) is 0 Å². The summed E-state index contributed by atoms with van der Waals surface area (Å²) in [4.78, 5) is 16.7. The second kappa shape index (κ2) is 11.0. The largest absolute Gasteiger partial charge is 0.357 e. The first-order valence-corrected chi connectivity index (χ1v) is 9.57. The number of guanidine groups is 1. The van der Waals surface area contributed by atoms with Gasteiger partial charge in [-0.3, -0.25) is 4.79 Å². The number of carbonyl (C=O) groups is 1. The van der Waals surface area contributed by atoms with E-state index in [0.29, 0.717) is 25.2 Å². The Morgan fingerprint density at radius 1 is 0.963 bits per heavy atom. The van der Waals surface area contributed by atoms with Crippen LogP contribution in [0.1, 0.15) is 47.3 Å². The van der Waals surface area contributed by atoms with E-state index in [2.05, 4.69) is 52.1 Å². The van der Waals surface area contributed by atoms with E-state index in [1.54, 1.807) is 0 Å². The van der Waals surface area contributed by atoms with Crippen molar-refractivity contribution in [2.24, 2.45) is 4.99 Å². The maximum Gasteiger partial charge on any atom is 0.251 e. The molecule has 0 saturated carbocycles. The van der Waals surface area contributed by atoms with Crippen molar-refractivity contribution in [3.8, 4) is 0 Å². The minimum atomic E-state index is -0.0351. The van der Waals surface area contributed by atoms with E-state index in [4.69, 9.17) is 0 Å². The molecule has 2 aromatic rings. The van der Waals surface area contributed by atoms with Gasteiger partial charge in [0, 0.05) is 25.2 Å². The molecule has 2 rings (SSSR count). The van der Waals surface area contributed by atoms with Gasteiger partial charge >= 0.3 is 0 Å². The van der Waals surface area contributed by atoms with Gasteiger partial charge in [0.25, 0.3) is 5.91 Å². The van der Waals surface area contributed by atoms with Crippen LogP contribution in [0, 0.1) is 6.92 Å². The van der Waals surface area contributed by atoms with Gasteiger partial charge < -0.3 is 16.0 Å². The fourth-order valence-electron chi connectivity index (χ4n) is 2.56. The van der Waals surface area contributed by atoms with Crippen molar-refractivity contribution in [1.82, 2.24) is 16.0 Å². The fourth-order valence-corrected chi connectivity index (χ4v) is 2.56. The molecule has 0 fully saturated rings. The first-order chi connectivity index (χ1) is 13.1. The molecule has 0 aliphatic heterocycles. The number of amides is 1. The first-order valence-electron chi connectivity index (χ1n) is 9.57. The maximum absolute atomic E-state index is 12.1. The van der Waals surface area contributed by atoms with Gasteiger partial charge in [-0.15, -0.1) is 0 Å². The van der Waals surface area contributed by atoms with Crippen LogP contribution in [0.4, 0.5) is 0 Å². The van der Waals surface area contributed by atoms with Crippen molar-refractivity contribution in [3.05, 3.63) is 70.8 Å². The summed E-state index contributed by atoms with van der Waals surface area (Å²) < 4.78 is 0. The molecule has 5 heteroatoms. The zero-order chi connectivity index (χ0) is 19.5. The van der Waals surface area contributed by atoms with Gasteiger partial charge in [0.05, 0.1) is 6.54 Å². The lowest BCUT2D eigenvalue weighted by Gasteiger charge is -2.12. The van der Waals surface area contributed by atoms with Gasteiger partial charge in [-0.25, -0.2) is 4.99 Å². The molecule has 2 aromatic carbocycles. The molecule has 27 heavy (non-hydrogen) atoms. The summed E-state index contributed by atoms with van der Waals surface area (Å²) in [5.74, 6) is 0.728. The minimum absolute atomic E-state index is 0.0351. The number of carbonyl (C=O) groups excluding carboxylic acids is 1. The van der Waals surface area contributed by atoms with E-state index in [0.717, 1.165) is 24.5 Å². The molecular weight excluding hydrogens is 336 g/mol. The molecule has 0 spiro atoms. The Morgan fingerprint density at radius 3 is 2.44 bits per heavy atom. The SMILES string of the molecule is CCCNC(=O)c1cccc(CN=C(NCC)NCc2ccc(C)cc2)c1. The van der Waals surface area contributed by atoms with Crippen molar-refractivity contribution < 1.29 is 4.79 Å². The van der Waals surface area contributed by atoms with E-state index < -0.39 is 0 Å². The summed E-state index contributed by atoms with van der Waals surface area (Å²) in [5.41, 5.74) is 4.14. The molecule has 0 unspecified atom stereocenters. The van der Waals surface area contributed by atoms with Crippen molar-refractivity contribution in [2.45, 2.75) is 40.3 Å². The fraction of sp³-hybridized carbons (Fsp3) is 0.364. The zero-order valence-corrected chi connectivity index (χ0v) is 16.5. The zero-order valence-electron chi connectivity index (χ0n) is 16.5. The van der Waals surface area contributed by atoms with Gasteiger partial charge in [-0.1, -0.05) is 48.9 Å². The predicted octanol–water partition coefficient (Wildman–Crippen LogP) is 3.39. The quantitative estimate of drug-likeness (QED) is 0.496. The van der Waals surface area contributed by atoms with Crippen molar-refractivity contribution in [3.63, 3.8) is 0 Å². The molecule has 3 N–H and O–H groups in total. The highest BCUT2D eigenvalue weighted by Gasteiger charge is 2.05. The van der Waals surface area contributed by atoms with Crippen LogP contribution in [0.2, 0.25) is 0 Å². The van der Waals surface area contributed by atoms with Crippen LogP contribution in [0.15, 0.2) is 53.5 Å². The van der Waals surface area contributed by atoms with Gasteiger partial charge in [-0.05, 0) is 43.5 Å². The molecule has 0 atom stereocenters. The molecule has 0 aromatic heterocycles. The van der Waals surface area contributed by atoms with E-state index >= 15 is 0 Å². The Balaban J connectivity index is 1.99. The molecule has 0 radical (unpaired) electrons. The highest BCUT2D eigenvalue weighted by atomic mass is 16.1. The van der Waals surface area contributed by atoms with Crippen LogP contribution in [-0.4, -0.2) is 25.0 Å². The van der Waals surface area contributed by atoms with Gasteiger partial charge in [-0.2, -0.15) is 0 Å². The summed E-state index contributed by atoms with van der Waals surface area (Å²) >= 11 is 0. The highest BCUT2D eigenvalue weighted by Crippen LogP contribution is 2.07. The number of benzene rings is 2. The average molecular weight is 367 g/mol. The number of hydrogen-bond acceptors (Lipinski definition) is 2. The lowest BCUT2D eigenvalue weighted by atomic mass is 10.1. The molecule has 1 amide bonds. The molecule has 5 nitrogen and oxygen atoms in total. The predicted molar refractivity (Wildman–Crippen MR) is 112 cm³/mol. The number of nitrogens with one attached hydrogen (secondary N) is 3. The third kappa shape index (κ3) is 7.13. The second-order valence-electron chi connectivity index (χ2n) is 6.49. The van der Waals surface area contributed by atoms with Crippen LogP contribution in [0.3, 0.4) is 0 Å². The topological polar surface area (TPSA) is 65.5 Å². The number of hydrogen-bond donors (Lipinski definition) is 3. The summed E-state index contributed by atoms with van der Waals surface area (Å²) in [6, 6.07) is 16.1. The third-order valence-corrected chi connectivity index (χ3v) is 4.07. The monoisotopic (exact) mass is 366 g/mol. The van der Waals surface area contributed by atoms with Crippen molar-refractivity contribution >= 4 is 11.9 Å². The first kappa shape index (κ1) is 20.5. The Morgan fingerprint density at radius 2 is 1.74 bits per heavy atom. The minimum Gasteiger partial charge on any atom is -0.357 e. The maximum atomic E-state index is 12.1. The van der Waals surface area contributed by atoms with E-state index in [9.17, 15) is 4.79 Å². The molecule has 0 saturated heterocycles. The average Bonchev–Trinajstić information content (AvgIpc) is 2.69. The number of nitrogens with zero attached hydrogens (tertiary/aromatic N) is 1. The van der Waals surface area contributed by atoms with Crippen LogP contribution in [-0.2, 0) is 13.1 Å². The smallest absolute Gasteiger partial charge is 0.251 e. The summed E-state index contributed by atoms with van der Waals surface area (Å²) in [5, 5.41) is 9.51. The highest BCUT2D eigenvalue weighted by molar-refractivity contribution is 5.94. The molecule has 0 heterocycles. The number of rotatable bonds is 8. The molecule has 0 aliphatic rings. The molecule has 144 valence electrons. The third-order valence-electron chi connectivity index (χ3n) is 4.07. The Bertz CT molecular complexity index is 753. The summed E-state index contributed by atoms with van der Waals surface area (Å²) in [6.07, 6.45) is 0.925. The van der Waals surface area contributed by atoms with Crippen LogP contribution >= 0.6 is 0 Å². The van der Waals surface area contributed by atoms with E-state index in [1.165, 1.54) is 11.1 Å². The molecule has 0 bridgehead atoms. The van der Waals surface area contributed by atoms with E-state index in [-0.39, 0.29) is 5.91 Å². The Hall–Kier alpha value is -2.82. The van der Waals surface area contributed by atoms with Crippen LogP contribution in [0.5, 0.6) is 0 Å². The lowest BCUT2D eigenvalue weighted by molar-refractivity contribution is 0.0953. The summed E-state index contributed by atoms with van der Waals surface area (Å²) in [6.45, 7) is 8.87. The Labute approximate surface area is 162 Å². The standard InChI is InChI=1S/C22H30N4O/c1-4-13-24-21(27)20-8-6-7-19(14-20)16-26-22(23-5-2)25-15-18-11-9-17(3)10-12-18/h6-12,14H,4-5,13,15-16H2,1-3H3,(H,24,27)(H2,23,25,26). The normalized spacial score (nSPS) is 11.1. The number of aryl methyl sites for hydroxylation is 1. The van der Waals surface area contributed by atoms with E-state index in [1.807, 2.05) is 38.1 Å². The van der Waals surface area contributed by atoms with Crippen molar-refractivity contribution in [2.75, 3.05) is 13.1 Å². The molecule has 0 aliphatic carbocycles.